The molecule has 27 heavy (non-hydrogen) atoms. The van der Waals surface area contributed by atoms with Crippen LogP contribution in [-0.2, 0) is 14.9 Å². The minimum atomic E-state index is -0.566. The van der Waals surface area contributed by atoms with E-state index in [-0.39, 0.29) is 18.7 Å². The van der Waals surface area contributed by atoms with Gasteiger partial charge in [0.1, 0.15) is 0 Å². The first-order chi connectivity index (χ1) is 13.1. The van der Waals surface area contributed by atoms with Crippen LogP contribution in [0.4, 0.5) is 0 Å². The van der Waals surface area contributed by atoms with Crippen molar-refractivity contribution in [2.75, 3.05) is 20.0 Å². The summed E-state index contributed by atoms with van der Waals surface area (Å²) in [5.74, 6) is 1.51. The van der Waals surface area contributed by atoms with E-state index in [9.17, 15) is 4.79 Å². The molecule has 1 atom stereocenters. The molecular weight excluding hydrogens is 410 g/mol. The van der Waals surface area contributed by atoms with Gasteiger partial charge in [0.2, 0.25) is 12.7 Å². The molecule has 6 heteroatoms. The molecule has 2 aromatic rings. The Kier molecular flexibility index (Phi) is 5.10. The van der Waals surface area contributed by atoms with Crippen LogP contribution in [-0.4, -0.2) is 25.9 Å². The Morgan fingerprint density at radius 3 is 2.52 bits per heavy atom. The van der Waals surface area contributed by atoms with E-state index in [1.54, 1.807) is 0 Å². The van der Waals surface area contributed by atoms with Crippen LogP contribution in [0.5, 0.6) is 11.5 Å². The minimum absolute atomic E-state index is 0.0401. The third kappa shape index (κ3) is 3.56. The monoisotopic (exact) mass is 431 g/mol. The number of amides is 1. The van der Waals surface area contributed by atoms with Crippen LogP contribution in [0.15, 0.2) is 46.9 Å². The molecule has 0 aromatic heterocycles. The Hall–Kier alpha value is -2.05. The number of carbonyl (C=O) groups is 1. The predicted molar refractivity (Wildman–Crippen MR) is 105 cm³/mol. The normalized spacial score (nSPS) is 18.7. The Balaban J connectivity index is 1.57. The molecular formula is C21H22BrNO4. The lowest BCUT2D eigenvalue weighted by Crippen LogP contribution is -2.48. The molecule has 1 amide bonds. The van der Waals surface area contributed by atoms with E-state index >= 15 is 0 Å². The second-order valence-electron chi connectivity index (χ2n) is 7.01. The molecule has 4 rings (SSSR count). The molecule has 2 heterocycles. The van der Waals surface area contributed by atoms with E-state index in [2.05, 4.69) is 21.2 Å². The summed E-state index contributed by atoms with van der Waals surface area (Å²) in [7, 11) is 0. The highest BCUT2D eigenvalue weighted by atomic mass is 79.9. The van der Waals surface area contributed by atoms with Gasteiger partial charge in [-0.25, -0.2) is 0 Å². The molecule has 142 valence electrons. The molecule has 2 aliphatic heterocycles. The fraction of sp³-hybridized carbons (Fsp3) is 0.381. The lowest BCUT2D eigenvalue weighted by Gasteiger charge is -2.37. The van der Waals surface area contributed by atoms with Crippen molar-refractivity contribution in [2.24, 2.45) is 0 Å². The van der Waals surface area contributed by atoms with Gasteiger partial charge in [0.05, 0.1) is 11.5 Å². The van der Waals surface area contributed by atoms with Gasteiger partial charge in [-0.1, -0.05) is 34.1 Å². The highest BCUT2D eigenvalue weighted by Gasteiger charge is 2.42. The maximum absolute atomic E-state index is 13.4. The van der Waals surface area contributed by atoms with Gasteiger partial charge in [0.25, 0.3) is 0 Å². The van der Waals surface area contributed by atoms with Crippen molar-refractivity contribution in [3.05, 3.63) is 58.1 Å². The van der Waals surface area contributed by atoms with E-state index in [4.69, 9.17) is 14.2 Å². The quantitative estimate of drug-likeness (QED) is 0.791. The van der Waals surface area contributed by atoms with E-state index < -0.39 is 5.41 Å². The summed E-state index contributed by atoms with van der Waals surface area (Å²) in [4.78, 5) is 13.4. The lowest BCUT2D eigenvalue weighted by atomic mass is 9.73. The van der Waals surface area contributed by atoms with Crippen LogP contribution in [0.25, 0.3) is 0 Å². The summed E-state index contributed by atoms with van der Waals surface area (Å²) in [6, 6.07) is 13.7. The molecule has 0 aliphatic carbocycles. The van der Waals surface area contributed by atoms with Crippen LogP contribution < -0.4 is 14.8 Å². The van der Waals surface area contributed by atoms with Crippen molar-refractivity contribution in [2.45, 2.75) is 31.2 Å². The van der Waals surface area contributed by atoms with Crippen LogP contribution in [0.2, 0.25) is 0 Å². The molecule has 0 saturated carbocycles. The number of rotatable bonds is 4. The highest BCUT2D eigenvalue weighted by molar-refractivity contribution is 9.10. The van der Waals surface area contributed by atoms with Crippen LogP contribution in [0, 0.1) is 0 Å². The number of nitrogens with one attached hydrogen (secondary N) is 1. The minimum Gasteiger partial charge on any atom is -0.454 e. The van der Waals surface area contributed by atoms with Crippen molar-refractivity contribution >= 4 is 21.8 Å². The van der Waals surface area contributed by atoms with Crippen molar-refractivity contribution in [3.8, 4) is 11.5 Å². The standard InChI is InChI=1S/C21H22BrNO4/c1-14(15-2-7-18-19(12-15)27-13-26-18)23-20(24)21(8-10-25-11-9-21)16-3-5-17(22)6-4-16/h2-7,12,14H,8-11,13H2,1H3,(H,23,24). The predicted octanol–water partition coefficient (Wildman–Crippen LogP) is 4.10. The summed E-state index contributed by atoms with van der Waals surface area (Å²) in [5, 5.41) is 3.21. The number of fused-ring (bicyclic) bond motifs is 1. The molecule has 1 N–H and O–H groups in total. The van der Waals surface area contributed by atoms with E-state index in [1.807, 2.05) is 49.4 Å². The first-order valence-electron chi connectivity index (χ1n) is 9.13. The Labute approximate surface area is 167 Å². The van der Waals surface area contributed by atoms with Crippen molar-refractivity contribution < 1.29 is 19.0 Å². The molecule has 0 bridgehead atoms. The van der Waals surface area contributed by atoms with Gasteiger partial charge >= 0.3 is 0 Å². The van der Waals surface area contributed by atoms with Gasteiger partial charge in [0, 0.05) is 17.7 Å². The van der Waals surface area contributed by atoms with E-state index in [0.29, 0.717) is 26.1 Å². The third-order valence-corrected chi connectivity index (χ3v) is 5.95. The zero-order valence-corrected chi connectivity index (χ0v) is 16.8. The maximum Gasteiger partial charge on any atom is 0.231 e. The first-order valence-corrected chi connectivity index (χ1v) is 9.92. The number of hydrogen-bond donors (Lipinski definition) is 1. The molecule has 1 unspecified atom stereocenters. The molecule has 5 nitrogen and oxygen atoms in total. The molecule has 2 aromatic carbocycles. The van der Waals surface area contributed by atoms with Gasteiger partial charge in [-0.3, -0.25) is 4.79 Å². The summed E-state index contributed by atoms with van der Waals surface area (Å²) >= 11 is 3.47. The zero-order valence-electron chi connectivity index (χ0n) is 15.2. The second kappa shape index (κ2) is 7.52. The molecule has 1 fully saturated rings. The van der Waals surface area contributed by atoms with Crippen molar-refractivity contribution in [1.29, 1.82) is 0 Å². The maximum atomic E-state index is 13.4. The van der Waals surface area contributed by atoms with Gasteiger partial charge in [0.15, 0.2) is 11.5 Å². The van der Waals surface area contributed by atoms with Crippen molar-refractivity contribution in [1.82, 2.24) is 5.32 Å². The topological polar surface area (TPSA) is 56.8 Å². The molecule has 1 saturated heterocycles. The Bertz CT molecular complexity index is 831. The van der Waals surface area contributed by atoms with Gasteiger partial charge in [-0.05, 0) is 55.2 Å². The first kappa shape index (κ1) is 18.3. The van der Waals surface area contributed by atoms with Gasteiger partial charge in [-0.2, -0.15) is 0 Å². The summed E-state index contributed by atoms with van der Waals surface area (Å²) in [6.45, 7) is 3.40. The number of ether oxygens (including phenoxy) is 3. The van der Waals surface area contributed by atoms with Gasteiger partial charge in [-0.15, -0.1) is 0 Å². The summed E-state index contributed by atoms with van der Waals surface area (Å²) < 4.78 is 17.4. The average Bonchev–Trinajstić information content (AvgIpc) is 3.16. The van der Waals surface area contributed by atoms with Gasteiger partial charge < -0.3 is 19.5 Å². The zero-order chi connectivity index (χ0) is 18.9. The SMILES string of the molecule is CC(NC(=O)C1(c2ccc(Br)cc2)CCOCC1)c1ccc2c(c1)OCO2. The molecule has 2 aliphatic rings. The van der Waals surface area contributed by atoms with Crippen LogP contribution >= 0.6 is 15.9 Å². The number of benzene rings is 2. The summed E-state index contributed by atoms with van der Waals surface area (Å²) in [5.41, 5.74) is 1.46. The number of hydrogen-bond acceptors (Lipinski definition) is 4. The smallest absolute Gasteiger partial charge is 0.231 e. The second-order valence-corrected chi connectivity index (χ2v) is 7.92. The third-order valence-electron chi connectivity index (χ3n) is 5.42. The highest BCUT2D eigenvalue weighted by Crippen LogP contribution is 2.37. The van der Waals surface area contributed by atoms with E-state index in [0.717, 1.165) is 27.1 Å². The number of halogens is 1. The van der Waals surface area contributed by atoms with Crippen LogP contribution in [0.3, 0.4) is 0 Å². The lowest BCUT2D eigenvalue weighted by molar-refractivity contribution is -0.131. The molecule has 0 radical (unpaired) electrons. The van der Waals surface area contributed by atoms with Crippen LogP contribution in [0.1, 0.15) is 36.9 Å². The molecule has 0 spiro atoms. The fourth-order valence-corrected chi connectivity index (χ4v) is 4.00. The Morgan fingerprint density at radius 1 is 1.07 bits per heavy atom. The fourth-order valence-electron chi connectivity index (χ4n) is 3.74. The summed E-state index contributed by atoms with van der Waals surface area (Å²) in [6.07, 6.45) is 1.35. The van der Waals surface area contributed by atoms with Crippen molar-refractivity contribution in [3.63, 3.8) is 0 Å². The largest absolute Gasteiger partial charge is 0.454 e. The average molecular weight is 432 g/mol. The van der Waals surface area contributed by atoms with E-state index in [1.165, 1.54) is 0 Å². The Morgan fingerprint density at radius 2 is 1.78 bits per heavy atom. The number of carbonyl (C=O) groups excluding carboxylic acids is 1.